The molecule has 1 atom stereocenters. The van der Waals surface area contributed by atoms with E-state index in [9.17, 15) is 4.79 Å². The molecule has 0 spiro atoms. The van der Waals surface area contributed by atoms with Gasteiger partial charge in [0.05, 0.1) is 5.92 Å². The minimum absolute atomic E-state index is 0.0463. The smallest absolute Gasteiger partial charge is 0.225 e. The van der Waals surface area contributed by atoms with Gasteiger partial charge >= 0.3 is 0 Å². The minimum Gasteiger partial charge on any atom is -0.354 e. The first-order valence-electron chi connectivity index (χ1n) is 6.49. The maximum Gasteiger partial charge on any atom is 0.225 e. The van der Waals surface area contributed by atoms with Gasteiger partial charge in [-0.1, -0.05) is 0 Å². The lowest BCUT2D eigenvalue weighted by atomic mass is 9.97. The Hall–Kier alpha value is -1.65. The zero-order valence-electron chi connectivity index (χ0n) is 11.0. The first-order chi connectivity index (χ1) is 8.66. The highest BCUT2D eigenvalue weighted by molar-refractivity contribution is 5.79. The lowest BCUT2D eigenvalue weighted by molar-refractivity contribution is -0.125. The fourth-order valence-corrected chi connectivity index (χ4v) is 2.23. The van der Waals surface area contributed by atoms with Crippen molar-refractivity contribution in [1.29, 1.82) is 0 Å². The summed E-state index contributed by atoms with van der Waals surface area (Å²) >= 11 is 0. The van der Waals surface area contributed by atoms with Crippen molar-refractivity contribution in [2.45, 2.75) is 32.7 Å². The van der Waals surface area contributed by atoms with Gasteiger partial charge in [-0.3, -0.25) is 4.79 Å². The first-order valence-corrected chi connectivity index (χ1v) is 6.49. The monoisotopic (exact) mass is 248 g/mol. The quantitative estimate of drug-likeness (QED) is 0.873. The van der Waals surface area contributed by atoms with Crippen LogP contribution < -0.4 is 10.2 Å². The number of piperidine rings is 1. The third-order valence-corrected chi connectivity index (χ3v) is 3.06. The van der Waals surface area contributed by atoms with Crippen molar-refractivity contribution in [1.82, 2.24) is 15.3 Å². The largest absolute Gasteiger partial charge is 0.354 e. The number of amides is 1. The molecule has 1 aromatic heterocycles. The van der Waals surface area contributed by atoms with E-state index in [1.165, 1.54) is 0 Å². The summed E-state index contributed by atoms with van der Waals surface area (Å²) in [4.78, 5) is 22.6. The molecule has 0 bridgehead atoms. The van der Waals surface area contributed by atoms with Gasteiger partial charge in [-0.2, -0.15) is 0 Å². The summed E-state index contributed by atoms with van der Waals surface area (Å²) in [6, 6.07) is 2.00. The zero-order chi connectivity index (χ0) is 13.0. The van der Waals surface area contributed by atoms with Crippen molar-refractivity contribution in [3.8, 4) is 0 Å². The van der Waals surface area contributed by atoms with Crippen LogP contribution in [0.3, 0.4) is 0 Å². The number of rotatable bonds is 3. The molecule has 1 amide bonds. The van der Waals surface area contributed by atoms with E-state index in [0.29, 0.717) is 6.54 Å². The number of anilines is 1. The normalized spacial score (nSPS) is 19.9. The van der Waals surface area contributed by atoms with Crippen LogP contribution in [0.5, 0.6) is 0 Å². The maximum atomic E-state index is 12.0. The molecule has 5 nitrogen and oxygen atoms in total. The Morgan fingerprint density at radius 2 is 2.17 bits per heavy atom. The summed E-state index contributed by atoms with van der Waals surface area (Å²) in [6.45, 7) is 5.61. The van der Waals surface area contributed by atoms with Crippen molar-refractivity contribution in [2.24, 2.45) is 5.92 Å². The summed E-state index contributed by atoms with van der Waals surface area (Å²) < 4.78 is 0. The minimum atomic E-state index is 0.0463. The van der Waals surface area contributed by atoms with Crippen LogP contribution in [-0.4, -0.2) is 35.0 Å². The second-order valence-electron chi connectivity index (χ2n) is 5.00. The van der Waals surface area contributed by atoms with Crippen LogP contribution in [0.2, 0.25) is 0 Å². The molecule has 0 aliphatic carbocycles. The lowest BCUT2D eigenvalue weighted by Gasteiger charge is -2.32. The van der Waals surface area contributed by atoms with Gasteiger partial charge in [-0.25, -0.2) is 9.97 Å². The second kappa shape index (κ2) is 5.80. The van der Waals surface area contributed by atoms with E-state index in [4.69, 9.17) is 0 Å². The van der Waals surface area contributed by atoms with Gasteiger partial charge in [0.25, 0.3) is 0 Å². The Bertz CT molecular complexity index is 393. The summed E-state index contributed by atoms with van der Waals surface area (Å²) in [7, 11) is 0. The highest BCUT2D eigenvalue weighted by Crippen LogP contribution is 2.20. The van der Waals surface area contributed by atoms with Gasteiger partial charge in [0.1, 0.15) is 0 Å². The Kier molecular flexibility index (Phi) is 4.12. The lowest BCUT2D eigenvalue weighted by Crippen LogP contribution is -2.45. The average Bonchev–Trinajstić information content (AvgIpc) is 2.39. The van der Waals surface area contributed by atoms with E-state index in [-0.39, 0.29) is 17.9 Å². The Balaban J connectivity index is 1.98. The third-order valence-electron chi connectivity index (χ3n) is 3.06. The molecular formula is C13H20N4O. The molecule has 1 fully saturated rings. The van der Waals surface area contributed by atoms with Gasteiger partial charge < -0.3 is 10.2 Å². The first kappa shape index (κ1) is 12.8. The fraction of sp³-hybridized carbons (Fsp3) is 0.615. The van der Waals surface area contributed by atoms with Crippen LogP contribution in [-0.2, 0) is 4.79 Å². The van der Waals surface area contributed by atoms with Gasteiger partial charge in [0.15, 0.2) is 0 Å². The molecule has 98 valence electrons. The van der Waals surface area contributed by atoms with Crippen molar-refractivity contribution in [3.63, 3.8) is 0 Å². The highest BCUT2D eigenvalue weighted by Gasteiger charge is 2.27. The summed E-state index contributed by atoms with van der Waals surface area (Å²) in [5.41, 5.74) is 0. The van der Waals surface area contributed by atoms with Gasteiger partial charge in [-0.15, -0.1) is 0 Å². The third kappa shape index (κ3) is 3.18. The molecule has 0 aromatic carbocycles. The molecule has 5 heteroatoms. The molecule has 1 aliphatic heterocycles. The van der Waals surface area contributed by atoms with Gasteiger partial charge in [0, 0.05) is 31.5 Å². The molecular weight excluding hydrogens is 228 g/mol. The molecule has 1 aliphatic rings. The predicted molar refractivity (Wildman–Crippen MR) is 70.2 cm³/mol. The van der Waals surface area contributed by atoms with E-state index in [1.54, 1.807) is 18.5 Å². The van der Waals surface area contributed by atoms with Gasteiger partial charge in [0.2, 0.25) is 11.9 Å². The zero-order valence-corrected chi connectivity index (χ0v) is 11.0. The van der Waals surface area contributed by atoms with E-state index in [1.807, 2.05) is 13.8 Å². The molecule has 1 N–H and O–H groups in total. The molecule has 0 saturated carbocycles. The number of hydrogen-bond acceptors (Lipinski definition) is 4. The molecule has 2 rings (SSSR count). The highest BCUT2D eigenvalue weighted by atomic mass is 16.2. The number of carbonyl (C=O) groups is 1. The predicted octanol–water partition coefficient (Wildman–Crippen LogP) is 1.22. The SMILES string of the molecule is CC(C)NC(=O)[C@H]1CCCN(c2ncccn2)C1. The molecule has 0 radical (unpaired) electrons. The molecule has 2 heterocycles. The van der Waals surface area contributed by atoms with Crippen LogP contribution in [0.4, 0.5) is 5.95 Å². The number of carbonyl (C=O) groups excluding carboxylic acids is 1. The Morgan fingerprint density at radius 1 is 1.44 bits per heavy atom. The van der Waals surface area contributed by atoms with E-state index in [0.717, 1.165) is 25.3 Å². The van der Waals surface area contributed by atoms with Crippen molar-refractivity contribution in [2.75, 3.05) is 18.0 Å². The molecule has 0 unspecified atom stereocenters. The Labute approximate surface area is 108 Å². The van der Waals surface area contributed by atoms with E-state index in [2.05, 4.69) is 20.2 Å². The second-order valence-corrected chi connectivity index (χ2v) is 5.00. The van der Waals surface area contributed by atoms with E-state index >= 15 is 0 Å². The summed E-state index contributed by atoms with van der Waals surface area (Å²) in [5, 5.41) is 2.98. The fourth-order valence-electron chi connectivity index (χ4n) is 2.23. The van der Waals surface area contributed by atoms with Crippen LogP contribution in [0.1, 0.15) is 26.7 Å². The van der Waals surface area contributed by atoms with Crippen molar-refractivity contribution < 1.29 is 4.79 Å². The van der Waals surface area contributed by atoms with Crippen LogP contribution in [0.25, 0.3) is 0 Å². The maximum absolute atomic E-state index is 12.0. The molecule has 1 saturated heterocycles. The van der Waals surface area contributed by atoms with Crippen molar-refractivity contribution in [3.05, 3.63) is 18.5 Å². The van der Waals surface area contributed by atoms with Crippen LogP contribution >= 0.6 is 0 Å². The van der Waals surface area contributed by atoms with E-state index < -0.39 is 0 Å². The standard InChI is InChI=1S/C13H20N4O/c1-10(2)16-12(18)11-5-3-8-17(9-11)13-14-6-4-7-15-13/h4,6-7,10-11H,3,5,8-9H2,1-2H3,(H,16,18)/t11-/m0/s1. The molecule has 1 aromatic rings. The van der Waals surface area contributed by atoms with Crippen LogP contribution in [0, 0.1) is 5.92 Å². The summed E-state index contributed by atoms with van der Waals surface area (Å²) in [6.07, 6.45) is 5.43. The van der Waals surface area contributed by atoms with Gasteiger partial charge in [-0.05, 0) is 32.8 Å². The number of hydrogen-bond donors (Lipinski definition) is 1. The average molecular weight is 248 g/mol. The number of aromatic nitrogens is 2. The molecule has 18 heavy (non-hydrogen) atoms. The Morgan fingerprint density at radius 3 is 2.83 bits per heavy atom. The van der Waals surface area contributed by atoms with Crippen LogP contribution in [0.15, 0.2) is 18.5 Å². The number of nitrogens with one attached hydrogen (secondary N) is 1. The van der Waals surface area contributed by atoms with Crippen molar-refractivity contribution >= 4 is 11.9 Å². The number of nitrogens with zero attached hydrogens (tertiary/aromatic N) is 3. The summed E-state index contributed by atoms with van der Waals surface area (Å²) in [5.74, 6) is 0.912. The topological polar surface area (TPSA) is 58.1 Å².